The van der Waals surface area contributed by atoms with E-state index in [1.807, 2.05) is 0 Å². The van der Waals surface area contributed by atoms with E-state index in [1.165, 1.54) is 4.90 Å². The quantitative estimate of drug-likeness (QED) is 0.522. The minimum Gasteiger partial charge on any atom is -0.465 e. The summed E-state index contributed by atoms with van der Waals surface area (Å²) in [6.45, 7) is 1.28. The Morgan fingerprint density at radius 1 is 1.21 bits per heavy atom. The van der Waals surface area contributed by atoms with Crippen LogP contribution < -0.4 is 0 Å². The van der Waals surface area contributed by atoms with E-state index in [2.05, 4.69) is 12.6 Å². The first-order chi connectivity index (χ1) is 4.70. The van der Waals surface area contributed by atoms with Gasteiger partial charge in [0, 0.05) is 18.3 Å². The van der Waals surface area contributed by atoms with Gasteiger partial charge in [-0.05, 0) is 12.8 Å². The van der Waals surface area contributed by atoms with E-state index in [4.69, 9.17) is 5.11 Å². The standard InChI is InChI=1S/C6H11NO2S.3CH3.Ce/c8-6(9)7-3-1-5(10)2-4-7;;;;/h5,10H,1-4H2,(H,8,9);3*1H3;/q;3*-1;+3. The maximum absolute atomic E-state index is 10.4. The van der Waals surface area contributed by atoms with Gasteiger partial charge in [-0.15, -0.1) is 0 Å². The fourth-order valence-corrected chi connectivity index (χ4v) is 1.29. The molecule has 3 nitrogen and oxygen atoms in total. The summed E-state index contributed by atoms with van der Waals surface area (Å²) < 4.78 is 0. The Morgan fingerprint density at radius 3 is 1.86 bits per heavy atom. The number of amides is 1. The summed E-state index contributed by atoms with van der Waals surface area (Å²) in [6.07, 6.45) is 0.963. The molecule has 1 aliphatic rings. The molecule has 0 bridgehead atoms. The van der Waals surface area contributed by atoms with Crippen molar-refractivity contribution in [2.45, 2.75) is 18.1 Å². The van der Waals surface area contributed by atoms with Crippen LogP contribution >= 0.6 is 12.6 Å². The molecule has 0 aliphatic carbocycles. The number of rotatable bonds is 0. The van der Waals surface area contributed by atoms with Gasteiger partial charge in [-0.1, -0.05) is 0 Å². The molecule has 1 rings (SSSR count). The van der Waals surface area contributed by atoms with Gasteiger partial charge in [-0.3, -0.25) is 0 Å². The second kappa shape index (κ2) is 12.1. The van der Waals surface area contributed by atoms with E-state index in [0.29, 0.717) is 18.3 Å². The molecule has 1 amide bonds. The third-order valence-electron chi connectivity index (χ3n) is 1.74. The molecule has 0 aromatic rings. The molecule has 14 heavy (non-hydrogen) atoms. The average Bonchev–Trinajstić information content (AvgIpc) is 1.88. The van der Waals surface area contributed by atoms with E-state index < -0.39 is 6.09 Å². The normalized spacial score (nSPS) is 15.1. The van der Waals surface area contributed by atoms with Crippen LogP contribution in [-0.4, -0.2) is 34.4 Å². The van der Waals surface area contributed by atoms with E-state index >= 15 is 0 Å². The van der Waals surface area contributed by atoms with Crippen LogP contribution in [0.3, 0.4) is 0 Å². The summed E-state index contributed by atoms with van der Waals surface area (Å²) in [6, 6.07) is 0. The predicted octanol–water partition coefficient (Wildman–Crippen LogP) is 2.41. The minimum absolute atomic E-state index is 0. The van der Waals surface area contributed by atoms with Crippen LogP contribution in [0, 0.1) is 64.0 Å². The Hall–Kier alpha value is 0.997. The second-order valence-corrected chi connectivity index (χ2v) is 3.23. The summed E-state index contributed by atoms with van der Waals surface area (Å²) in [7, 11) is 0. The Kier molecular flexibility index (Phi) is 20.9. The van der Waals surface area contributed by atoms with Crippen molar-refractivity contribution >= 4 is 18.7 Å². The molecule has 0 unspecified atom stereocenters. The van der Waals surface area contributed by atoms with E-state index in [9.17, 15) is 4.79 Å². The number of piperidine rings is 1. The number of thiol groups is 1. The van der Waals surface area contributed by atoms with Crippen molar-refractivity contribution in [3.05, 3.63) is 22.3 Å². The fourth-order valence-electron chi connectivity index (χ4n) is 1.06. The van der Waals surface area contributed by atoms with Gasteiger partial charge in [-0.25, -0.2) is 4.79 Å². The van der Waals surface area contributed by atoms with Crippen LogP contribution in [0.4, 0.5) is 4.79 Å². The zero-order chi connectivity index (χ0) is 7.56. The first-order valence-electron chi connectivity index (χ1n) is 3.36. The zero-order valence-corrected chi connectivity index (χ0v) is 13.2. The summed E-state index contributed by atoms with van der Waals surface area (Å²) in [4.78, 5) is 11.8. The number of nitrogens with zero attached hydrogens (tertiary/aromatic N) is 1. The Morgan fingerprint density at radius 2 is 1.57 bits per heavy atom. The molecule has 1 aliphatic heterocycles. The number of hydrogen-bond donors (Lipinski definition) is 2. The molecular formula is C9H20CeNO2S. The van der Waals surface area contributed by atoms with Gasteiger partial charge in [0.1, 0.15) is 0 Å². The van der Waals surface area contributed by atoms with Crippen LogP contribution in [0.15, 0.2) is 0 Å². The molecule has 1 fully saturated rings. The minimum atomic E-state index is -0.805. The molecule has 0 atom stereocenters. The van der Waals surface area contributed by atoms with Crippen molar-refractivity contribution < 1.29 is 51.6 Å². The first kappa shape index (κ1) is 24.3. The van der Waals surface area contributed by atoms with Gasteiger partial charge in [-0.2, -0.15) is 12.6 Å². The van der Waals surface area contributed by atoms with Crippen LogP contribution in [0.5, 0.6) is 0 Å². The Labute approximate surface area is 127 Å². The molecule has 1 saturated heterocycles. The van der Waals surface area contributed by atoms with Gasteiger partial charge < -0.3 is 32.3 Å². The number of likely N-dealkylation sites (tertiary alicyclic amines) is 1. The SMILES string of the molecule is O=C(O)N1CCC(S)CC1.[CH3-].[CH3-].[CH3-].[Ce+3]. The van der Waals surface area contributed by atoms with Crippen LogP contribution in [0.25, 0.3) is 0 Å². The molecule has 0 saturated carbocycles. The molecule has 83 valence electrons. The number of hydrogen-bond acceptors (Lipinski definition) is 2. The van der Waals surface area contributed by atoms with Crippen LogP contribution in [0.1, 0.15) is 12.8 Å². The first-order valence-corrected chi connectivity index (χ1v) is 3.87. The van der Waals surface area contributed by atoms with Crippen molar-refractivity contribution in [2.75, 3.05) is 13.1 Å². The third kappa shape index (κ3) is 8.32. The molecular weight excluding hydrogens is 326 g/mol. The number of carbonyl (C=O) groups is 1. The maximum atomic E-state index is 10.4. The Balaban J connectivity index is -0.000000125. The van der Waals surface area contributed by atoms with Crippen molar-refractivity contribution in [1.82, 2.24) is 4.90 Å². The van der Waals surface area contributed by atoms with Crippen LogP contribution in [-0.2, 0) is 0 Å². The third-order valence-corrected chi connectivity index (χ3v) is 2.25. The van der Waals surface area contributed by atoms with Crippen molar-refractivity contribution in [3.8, 4) is 0 Å². The molecule has 1 radical (unpaired) electrons. The van der Waals surface area contributed by atoms with Crippen molar-refractivity contribution in [3.63, 3.8) is 0 Å². The van der Waals surface area contributed by atoms with E-state index in [0.717, 1.165) is 12.8 Å². The van der Waals surface area contributed by atoms with Gasteiger partial charge in [0.25, 0.3) is 0 Å². The topological polar surface area (TPSA) is 40.5 Å². The molecule has 0 aromatic carbocycles. The van der Waals surface area contributed by atoms with Gasteiger partial charge >= 0.3 is 47.8 Å². The largest absolute Gasteiger partial charge is 3.00 e. The fraction of sp³-hybridized carbons (Fsp3) is 0.556. The molecule has 1 heterocycles. The number of carboxylic acid groups (broad SMARTS) is 1. The Bertz CT molecular complexity index is 139. The van der Waals surface area contributed by atoms with Gasteiger partial charge in [0.2, 0.25) is 0 Å². The summed E-state index contributed by atoms with van der Waals surface area (Å²) in [5, 5.41) is 8.92. The predicted molar refractivity (Wildman–Crippen MR) is 60.8 cm³/mol. The monoisotopic (exact) mass is 346 g/mol. The summed E-state index contributed by atoms with van der Waals surface area (Å²) in [5.41, 5.74) is 0. The molecule has 0 aromatic heterocycles. The van der Waals surface area contributed by atoms with Gasteiger partial charge in [0.05, 0.1) is 0 Å². The van der Waals surface area contributed by atoms with Crippen LogP contribution in [0.2, 0.25) is 0 Å². The smallest absolute Gasteiger partial charge is 0.465 e. The van der Waals surface area contributed by atoms with E-state index in [-0.39, 0.29) is 64.0 Å². The van der Waals surface area contributed by atoms with Crippen molar-refractivity contribution in [2.24, 2.45) is 0 Å². The molecule has 0 spiro atoms. The molecule has 5 heteroatoms. The van der Waals surface area contributed by atoms with E-state index in [1.54, 1.807) is 0 Å². The zero-order valence-electron chi connectivity index (χ0n) is 9.16. The summed E-state index contributed by atoms with van der Waals surface area (Å²) in [5.74, 6) is 0. The van der Waals surface area contributed by atoms with Gasteiger partial charge in [0.15, 0.2) is 0 Å². The summed E-state index contributed by atoms with van der Waals surface area (Å²) >= 11 is 4.25. The second-order valence-electron chi connectivity index (χ2n) is 2.50. The maximum Gasteiger partial charge on any atom is 3.00 e. The van der Waals surface area contributed by atoms with Crippen molar-refractivity contribution in [1.29, 1.82) is 0 Å². The average molecular weight is 346 g/mol. The molecule has 1 N–H and O–H groups in total.